The fraction of sp³-hybridized carbons (Fsp3) is 0.529. The van der Waals surface area contributed by atoms with Crippen LogP contribution in [0.4, 0.5) is 0 Å². The van der Waals surface area contributed by atoms with Gasteiger partial charge in [0.25, 0.3) is 0 Å². The zero-order chi connectivity index (χ0) is 17.6. The molecule has 2 aromatic heterocycles. The van der Waals surface area contributed by atoms with Gasteiger partial charge < -0.3 is 4.90 Å². The van der Waals surface area contributed by atoms with Gasteiger partial charge in [-0.1, -0.05) is 11.6 Å². The summed E-state index contributed by atoms with van der Waals surface area (Å²) in [5.74, 6) is 0.108. The molecule has 1 amide bonds. The Morgan fingerprint density at radius 1 is 1.32 bits per heavy atom. The summed E-state index contributed by atoms with van der Waals surface area (Å²) < 4.78 is 0.593. The van der Waals surface area contributed by atoms with Crippen LogP contribution in [0.3, 0.4) is 0 Å². The first-order valence-electron chi connectivity index (χ1n) is 8.45. The van der Waals surface area contributed by atoms with Crippen molar-refractivity contribution < 1.29 is 4.79 Å². The maximum absolute atomic E-state index is 12.2. The van der Waals surface area contributed by atoms with Crippen LogP contribution in [0, 0.1) is 0 Å². The molecule has 0 N–H and O–H groups in total. The van der Waals surface area contributed by atoms with Crippen LogP contribution in [-0.4, -0.2) is 49.8 Å². The lowest BCUT2D eigenvalue weighted by Crippen LogP contribution is -2.39. The summed E-state index contributed by atoms with van der Waals surface area (Å²) >= 11 is 7.46. The average molecular weight is 380 g/mol. The van der Waals surface area contributed by atoms with Gasteiger partial charge in [-0.05, 0) is 25.8 Å². The summed E-state index contributed by atoms with van der Waals surface area (Å²) in [6.45, 7) is 5.10. The fourth-order valence-electron chi connectivity index (χ4n) is 3.29. The van der Waals surface area contributed by atoms with Gasteiger partial charge in [-0.3, -0.25) is 9.69 Å². The van der Waals surface area contributed by atoms with E-state index < -0.39 is 0 Å². The molecule has 134 valence electrons. The largest absolute Gasteiger partial charge is 0.335 e. The molecule has 6 nitrogen and oxygen atoms in total. The Hall–Kier alpha value is -1.57. The van der Waals surface area contributed by atoms with Crippen LogP contribution in [0.25, 0.3) is 0 Å². The van der Waals surface area contributed by atoms with Gasteiger partial charge in [-0.2, -0.15) is 0 Å². The van der Waals surface area contributed by atoms with Crippen LogP contribution in [0.15, 0.2) is 24.9 Å². The molecule has 0 aromatic carbocycles. The van der Waals surface area contributed by atoms with Gasteiger partial charge in [0, 0.05) is 61.6 Å². The van der Waals surface area contributed by atoms with Gasteiger partial charge in [0.2, 0.25) is 5.91 Å². The van der Waals surface area contributed by atoms with Crippen LogP contribution >= 0.6 is 22.9 Å². The van der Waals surface area contributed by atoms with Crippen molar-refractivity contribution in [3.63, 3.8) is 0 Å². The quantitative estimate of drug-likeness (QED) is 0.799. The number of carbonyl (C=O) groups is 1. The maximum Gasteiger partial charge on any atom is 0.219 e. The van der Waals surface area contributed by atoms with Crippen molar-refractivity contribution in [3.8, 4) is 0 Å². The third-order valence-electron chi connectivity index (χ3n) is 4.51. The number of nitrogens with zero attached hydrogens (tertiary/aromatic N) is 5. The van der Waals surface area contributed by atoms with Gasteiger partial charge in [-0.25, -0.2) is 15.0 Å². The minimum Gasteiger partial charge on any atom is -0.335 e. The molecule has 0 bridgehead atoms. The van der Waals surface area contributed by atoms with Gasteiger partial charge >= 0.3 is 0 Å². The number of amides is 1. The number of halogens is 1. The average Bonchev–Trinajstić information content (AvgIpc) is 2.87. The summed E-state index contributed by atoms with van der Waals surface area (Å²) in [4.78, 5) is 30.0. The zero-order valence-corrected chi connectivity index (χ0v) is 15.8. The van der Waals surface area contributed by atoms with E-state index in [1.807, 2.05) is 11.1 Å². The standard InChI is InChI=1S/C17H22ClN5OS/c1-13(24)23(10-14-7-19-12-20-8-14)15-3-2-5-22(6-4-15)11-16-9-21-17(18)25-16/h7-9,12,15H,2-6,10-11H2,1H3. The summed E-state index contributed by atoms with van der Waals surface area (Å²) in [6.07, 6.45) is 9.99. The SMILES string of the molecule is CC(=O)N(Cc1cncnc1)C1CCCN(Cc2cnc(Cl)s2)CC1. The molecule has 0 aliphatic carbocycles. The highest BCUT2D eigenvalue weighted by Crippen LogP contribution is 2.23. The molecule has 1 unspecified atom stereocenters. The lowest BCUT2D eigenvalue weighted by molar-refractivity contribution is -0.132. The summed E-state index contributed by atoms with van der Waals surface area (Å²) in [7, 11) is 0. The fourth-order valence-corrected chi connectivity index (χ4v) is 4.31. The van der Waals surface area contributed by atoms with Crippen molar-refractivity contribution in [2.45, 2.75) is 45.3 Å². The molecule has 3 heterocycles. The lowest BCUT2D eigenvalue weighted by atomic mass is 10.1. The van der Waals surface area contributed by atoms with E-state index in [4.69, 9.17) is 11.6 Å². The van der Waals surface area contributed by atoms with Crippen LogP contribution in [0.2, 0.25) is 4.47 Å². The Morgan fingerprint density at radius 2 is 2.12 bits per heavy atom. The van der Waals surface area contributed by atoms with E-state index in [1.54, 1.807) is 19.3 Å². The molecule has 1 aliphatic rings. The molecule has 1 fully saturated rings. The number of hydrogen-bond donors (Lipinski definition) is 0. The first-order chi connectivity index (χ1) is 12.1. The van der Waals surface area contributed by atoms with Crippen molar-refractivity contribution in [2.24, 2.45) is 0 Å². The third-order valence-corrected chi connectivity index (χ3v) is 5.61. The second-order valence-corrected chi connectivity index (χ2v) is 8.03. The van der Waals surface area contributed by atoms with Gasteiger partial charge in [0.05, 0.1) is 0 Å². The first kappa shape index (κ1) is 18.2. The van der Waals surface area contributed by atoms with Crippen molar-refractivity contribution in [1.29, 1.82) is 0 Å². The van der Waals surface area contributed by atoms with E-state index in [9.17, 15) is 4.79 Å². The lowest BCUT2D eigenvalue weighted by Gasteiger charge is -2.30. The van der Waals surface area contributed by atoms with E-state index in [2.05, 4.69) is 19.9 Å². The van der Waals surface area contributed by atoms with E-state index >= 15 is 0 Å². The second-order valence-electron chi connectivity index (χ2n) is 6.33. The molecular weight excluding hydrogens is 358 g/mol. The van der Waals surface area contributed by atoms with E-state index in [-0.39, 0.29) is 11.9 Å². The number of likely N-dealkylation sites (tertiary alicyclic amines) is 1. The number of rotatable bonds is 5. The van der Waals surface area contributed by atoms with Crippen LogP contribution in [0.1, 0.15) is 36.6 Å². The predicted octanol–water partition coefficient (Wildman–Crippen LogP) is 2.99. The molecule has 25 heavy (non-hydrogen) atoms. The van der Waals surface area contributed by atoms with Crippen molar-refractivity contribution in [2.75, 3.05) is 13.1 Å². The van der Waals surface area contributed by atoms with Gasteiger partial charge in [0.1, 0.15) is 6.33 Å². The monoisotopic (exact) mass is 379 g/mol. The Morgan fingerprint density at radius 3 is 2.80 bits per heavy atom. The normalized spacial score (nSPS) is 18.7. The van der Waals surface area contributed by atoms with E-state index in [1.165, 1.54) is 22.5 Å². The number of carbonyl (C=O) groups excluding carboxylic acids is 1. The molecule has 3 rings (SSSR count). The summed E-state index contributed by atoms with van der Waals surface area (Å²) in [6, 6.07) is 0.257. The minimum absolute atomic E-state index is 0.108. The molecule has 2 aromatic rings. The van der Waals surface area contributed by atoms with Crippen LogP contribution in [0.5, 0.6) is 0 Å². The molecule has 1 saturated heterocycles. The Labute approximate surface area is 156 Å². The second kappa shape index (κ2) is 8.69. The Bertz CT molecular complexity index is 695. The highest BCUT2D eigenvalue weighted by molar-refractivity contribution is 7.15. The molecular formula is C17H22ClN5OS. The first-order valence-corrected chi connectivity index (χ1v) is 9.65. The molecule has 1 aliphatic heterocycles. The van der Waals surface area contributed by atoms with Crippen LogP contribution < -0.4 is 0 Å². The molecule has 0 radical (unpaired) electrons. The molecule has 1 atom stereocenters. The summed E-state index contributed by atoms with van der Waals surface area (Å²) in [5, 5.41) is 0. The van der Waals surface area contributed by atoms with Crippen LogP contribution in [-0.2, 0) is 17.9 Å². The Kier molecular flexibility index (Phi) is 6.34. The van der Waals surface area contributed by atoms with Gasteiger partial charge in [0.15, 0.2) is 4.47 Å². The van der Waals surface area contributed by atoms with E-state index in [0.717, 1.165) is 44.5 Å². The van der Waals surface area contributed by atoms with Crippen molar-refractivity contribution in [3.05, 3.63) is 39.8 Å². The molecule has 0 saturated carbocycles. The topological polar surface area (TPSA) is 62.2 Å². The Balaban J connectivity index is 1.60. The van der Waals surface area contributed by atoms with E-state index in [0.29, 0.717) is 11.0 Å². The number of thiazole rings is 1. The minimum atomic E-state index is 0.108. The molecule has 0 spiro atoms. The third kappa shape index (κ3) is 5.20. The highest BCUT2D eigenvalue weighted by Gasteiger charge is 2.25. The zero-order valence-electron chi connectivity index (χ0n) is 14.3. The van der Waals surface area contributed by atoms with Crippen molar-refractivity contribution in [1.82, 2.24) is 24.8 Å². The number of hydrogen-bond acceptors (Lipinski definition) is 6. The summed E-state index contributed by atoms with van der Waals surface area (Å²) in [5.41, 5.74) is 0.970. The highest BCUT2D eigenvalue weighted by atomic mass is 35.5. The van der Waals surface area contributed by atoms with Gasteiger partial charge in [-0.15, -0.1) is 11.3 Å². The smallest absolute Gasteiger partial charge is 0.219 e. The molecule has 8 heteroatoms. The number of aromatic nitrogens is 3. The van der Waals surface area contributed by atoms with Crippen molar-refractivity contribution >= 4 is 28.8 Å². The maximum atomic E-state index is 12.2. The predicted molar refractivity (Wildman–Crippen MR) is 98.3 cm³/mol.